The van der Waals surface area contributed by atoms with E-state index in [1.807, 2.05) is 68.9 Å². The van der Waals surface area contributed by atoms with Crippen LogP contribution in [0.4, 0.5) is 4.79 Å². The molecule has 0 spiro atoms. The standard InChI is InChI=1S/C29H42N6O5/c1-29(2,3)30-28(37)34(13-12-33-14-16-40-17-15-33)20-27(36)35-25(19-23(31-35)24-8-7-11-32(24)4)22-18-21(38-5)9-10-26(22)39-6/h7-11,18,25H,12-17,19-20H2,1-6H3,(H,30,37)/t25-/m0/s1. The highest BCUT2D eigenvalue weighted by atomic mass is 16.5. The van der Waals surface area contributed by atoms with E-state index in [-0.39, 0.29) is 18.5 Å². The number of morpholine rings is 1. The Hall–Kier alpha value is -3.57. The molecule has 1 fully saturated rings. The molecule has 11 nitrogen and oxygen atoms in total. The van der Waals surface area contributed by atoms with Gasteiger partial charge in [0.1, 0.15) is 18.0 Å². The van der Waals surface area contributed by atoms with E-state index in [0.717, 1.165) is 30.1 Å². The molecule has 0 radical (unpaired) electrons. The van der Waals surface area contributed by atoms with Gasteiger partial charge in [-0.25, -0.2) is 9.80 Å². The Balaban J connectivity index is 1.63. The number of nitrogens with zero attached hydrogens (tertiary/aromatic N) is 5. The number of hydrazone groups is 1. The lowest BCUT2D eigenvalue weighted by atomic mass is 9.99. The average molecular weight is 555 g/mol. The predicted molar refractivity (Wildman–Crippen MR) is 153 cm³/mol. The van der Waals surface area contributed by atoms with Crippen molar-refractivity contribution < 1.29 is 23.8 Å². The van der Waals surface area contributed by atoms with E-state index < -0.39 is 11.6 Å². The van der Waals surface area contributed by atoms with Crippen molar-refractivity contribution in [3.05, 3.63) is 47.8 Å². The molecule has 0 bridgehead atoms. The van der Waals surface area contributed by atoms with Gasteiger partial charge in [-0.05, 0) is 51.1 Å². The van der Waals surface area contributed by atoms with Crippen LogP contribution in [-0.2, 0) is 16.6 Å². The molecule has 0 saturated carbocycles. The molecule has 1 aromatic carbocycles. The average Bonchev–Trinajstić information content (AvgIpc) is 3.56. The summed E-state index contributed by atoms with van der Waals surface area (Å²) in [7, 11) is 5.17. The zero-order valence-corrected chi connectivity index (χ0v) is 24.5. The zero-order chi connectivity index (χ0) is 28.9. The third-order valence-corrected chi connectivity index (χ3v) is 7.09. The monoisotopic (exact) mass is 554 g/mol. The van der Waals surface area contributed by atoms with Gasteiger partial charge in [-0.2, -0.15) is 5.10 Å². The summed E-state index contributed by atoms with van der Waals surface area (Å²) >= 11 is 0. The smallest absolute Gasteiger partial charge is 0.318 e. The Morgan fingerprint density at radius 1 is 1.15 bits per heavy atom. The van der Waals surface area contributed by atoms with Gasteiger partial charge in [0.15, 0.2) is 0 Å². The van der Waals surface area contributed by atoms with Crippen LogP contribution in [0.15, 0.2) is 41.6 Å². The number of urea groups is 1. The third kappa shape index (κ3) is 7.14. The van der Waals surface area contributed by atoms with E-state index in [4.69, 9.17) is 19.3 Å². The maximum atomic E-state index is 14.0. The quantitative estimate of drug-likeness (QED) is 0.512. The molecule has 1 atom stereocenters. The molecule has 3 amide bonds. The molecule has 4 rings (SSSR count). The molecule has 40 heavy (non-hydrogen) atoms. The largest absolute Gasteiger partial charge is 0.497 e. The van der Waals surface area contributed by atoms with Crippen LogP contribution in [0.25, 0.3) is 0 Å². The summed E-state index contributed by atoms with van der Waals surface area (Å²) in [6.07, 6.45) is 2.45. The lowest BCUT2D eigenvalue weighted by Gasteiger charge is -2.33. The first-order valence-electron chi connectivity index (χ1n) is 13.7. The Kier molecular flexibility index (Phi) is 9.36. The van der Waals surface area contributed by atoms with Crippen molar-refractivity contribution in [3.63, 3.8) is 0 Å². The summed E-state index contributed by atoms with van der Waals surface area (Å²) in [4.78, 5) is 31.2. The molecule has 218 valence electrons. The van der Waals surface area contributed by atoms with Crippen molar-refractivity contribution in [2.24, 2.45) is 12.1 Å². The number of rotatable bonds is 9. The summed E-state index contributed by atoms with van der Waals surface area (Å²) in [5.41, 5.74) is 2.06. The molecule has 2 aliphatic rings. The highest BCUT2D eigenvalue weighted by molar-refractivity contribution is 6.02. The van der Waals surface area contributed by atoms with Crippen molar-refractivity contribution in [3.8, 4) is 11.5 Å². The maximum Gasteiger partial charge on any atom is 0.318 e. The van der Waals surface area contributed by atoms with Crippen LogP contribution in [0, 0.1) is 0 Å². The molecule has 3 heterocycles. The molecule has 2 aliphatic heterocycles. The van der Waals surface area contributed by atoms with Crippen LogP contribution >= 0.6 is 0 Å². The van der Waals surface area contributed by atoms with Gasteiger partial charge in [0.25, 0.3) is 5.91 Å². The van der Waals surface area contributed by atoms with Gasteiger partial charge >= 0.3 is 6.03 Å². The molecular weight excluding hydrogens is 512 g/mol. The van der Waals surface area contributed by atoms with Crippen LogP contribution in [0.2, 0.25) is 0 Å². The fourth-order valence-corrected chi connectivity index (χ4v) is 4.97. The predicted octanol–water partition coefficient (Wildman–Crippen LogP) is 2.86. The summed E-state index contributed by atoms with van der Waals surface area (Å²) in [6, 6.07) is 8.78. The Labute approximate surface area is 236 Å². The van der Waals surface area contributed by atoms with Gasteiger partial charge in [-0.3, -0.25) is 9.69 Å². The van der Waals surface area contributed by atoms with Gasteiger partial charge < -0.3 is 29.0 Å². The van der Waals surface area contributed by atoms with Crippen molar-refractivity contribution in [2.75, 3.05) is 60.2 Å². The number of methoxy groups -OCH3 is 2. The topological polar surface area (TPSA) is 101 Å². The molecule has 1 N–H and O–H groups in total. The number of aryl methyl sites for hydroxylation is 1. The number of benzene rings is 1. The number of hydrogen-bond acceptors (Lipinski definition) is 7. The number of nitrogens with one attached hydrogen (secondary N) is 1. The number of carbonyl (C=O) groups excluding carboxylic acids is 2. The number of ether oxygens (including phenoxy) is 3. The lowest BCUT2D eigenvalue weighted by molar-refractivity contribution is -0.133. The first kappa shape index (κ1) is 29.4. The Morgan fingerprint density at radius 2 is 1.90 bits per heavy atom. The summed E-state index contributed by atoms with van der Waals surface area (Å²) in [6.45, 7) is 9.66. The van der Waals surface area contributed by atoms with E-state index in [2.05, 4.69) is 10.2 Å². The van der Waals surface area contributed by atoms with E-state index in [0.29, 0.717) is 44.2 Å². The second kappa shape index (κ2) is 12.7. The number of hydrogen-bond donors (Lipinski definition) is 1. The van der Waals surface area contributed by atoms with Crippen molar-refractivity contribution in [2.45, 2.75) is 38.8 Å². The fraction of sp³-hybridized carbons (Fsp3) is 0.552. The van der Waals surface area contributed by atoms with Gasteiger partial charge in [0, 0.05) is 56.9 Å². The minimum atomic E-state index is -0.445. The Bertz CT molecular complexity index is 1210. The van der Waals surface area contributed by atoms with E-state index >= 15 is 0 Å². The molecule has 11 heteroatoms. The molecule has 0 unspecified atom stereocenters. The first-order valence-corrected chi connectivity index (χ1v) is 13.7. The lowest BCUT2D eigenvalue weighted by Crippen LogP contribution is -2.53. The summed E-state index contributed by atoms with van der Waals surface area (Å²) in [5.74, 6) is 1.03. The molecule has 1 saturated heterocycles. The van der Waals surface area contributed by atoms with E-state index in [9.17, 15) is 9.59 Å². The van der Waals surface area contributed by atoms with E-state index in [1.54, 1.807) is 19.1 Å². The van der Waals surface area contributed by atoms with Crippen molar-refractivity contribution >= 4 is 17.6 Å². The summed E-state index contributed by atoms with van der Waals surface area (Å²) < 4.78 is 18.6. The van der Waals surface area contributed by atoms with Gasteiger partial charge in [-0.15, -0.1) is 0 Å². The van der Waals surface area contributed by atoms with Crippen LogP contribution in [0.5, 0.6) is 11.5 Å². The fourth-order valence-electron chi connectivity index (χ4n) is 4.97. The zero-order valence-electron chi connectivity index (χ0n) is 24.5. The second-order valence-corrected chi connectivity index (χ2v) is 11.2. The maximum absolute atomic E-state index is 14.0. The minimum absolute atomic E-state index is 0.112. The van der Waals surface area contributed by atoms with E-state index in [1.165, 1.54) is 5.01 Å². The molecular formula is C29H42N6O5. The number of carbonyl (C=O) groups is 2. The number of aromatic nitrogens is 1. The number of amides is 3. The Morgan fingerprint density at radius 3 is 2.52 bits per heavy atom. The molecule has 0 aliphatic carbocycles. The van der Waals surface area contributed by atoms with Crippen LogP contribution in [0.1, 0.15) is 44.5 Å². The highest BCUT2D eigenvalue weighted by Crippen LogP contribution is 2.39. The first-order chi connectivity index (χ1) is 19.1. The van der Waals surface area contributed by atoms with Crippen molar-refractivity contribution in [1.29, 1.82) is 0 Å². The summed E-state index contributed by atoms with van der Waals surface area (Å²) in [5, 5.41) is 9.34. The van der Waals surface area contributed by atoms with Gasteiger partial charge in [-0.1, -0.05) is 0 Å². The molecule has 1 aromatic heterocycles. The normalized spacial score (nSPS) is 17.9. The van der Waals surface area contributed by atoms with Crippen LogP contribution in [0.3, 0.4) is 0 Å². The molecule has 2 aromatic rings. The highest BCUT2D eigenvalue weighted by Gasteiger charge is 2.37. The van der Waals surface area contributed by atoms with Gasteiger partial charge in [0.05, 0.1) is 44.9 Å². The van der Waals surface area contributed by atoms with Crippen LogP contribution < -0.4 is 14.8 Å². The second-order valence-electron chi connectivity index (χ2n) is 11.2. The minimum Gasteiger partial charge on any atom is -0.497 e. The third-order valence-electron chi connectivity index (χ3n) is 7.09. The van der Waals surface area contributed by atoms with Crippen LogP contribution in [-0.4, -0.2) is 103 Å². The SMILES string of the molecule is COc1ccc(OC)c([C@@H]2CC(c3cccn3C)=NN2C(=O)CN(CCN2CCOCC2)C(=O)NC(C)(C)C)c1. The van der Waals surface area contributed by atoms with Crippen molar-refractivity contribution in [1.82, 2.24) is 24.7 Å². The van der Waals surface area contributed by atoms with Gasteiger partial charge in [0.2, 0.25) is 0 Å².